The molecule has 5 heteroatoms. The van der Waals surface area contributed by atoms with E-state index in [9.17, 15) is 9.59 Å². The third-order valence-corrected chi connectivity index (χ3v) is 2.23. The molecule has 1 aromatic rings. The number of carbonyl (C=O) groups excluding carboxylic acids is 1. The number of carboxylic acid groups (broad SMARTS) is 1. The van der Waals surface area contributed by atoms with Gasteiger partial charge in [-0.15, -0.1) is 0 Å². The Bertz CT molecular complexity index is 438. The first-order valence-electron chi connectivity index (χ1n) is 5.61. The van der Waals surface area contributed by atoms with Crippen LogP contribution in [-0.4, -0.2) is 23.5 Å². The Balaban J connectivity index is 2.31. The summed E-state index contributed by atoms with van der Waals surface area (Å²) in [5.74, 6) is -1.10. The Morgan fingerprint density at radius 3 is 2.56 bits per heavy atom. The van der Waals surface area contributed by atoms with Crippen LogP contribution >= 0.6 is 0 Å². The topological polar surface area (TPSA) is 92.4 Å². The molecule has 0 spiro atoms. The second kappa shape index (κ2) is 7.11. The van der Waals surface area contributed by atoms with E-state index in [0.717, 1.165) is 5.56 Å². The Hall–Kier alpha value is -2.30. The van der Waals surface area contributed by atoms with Gasteiger partial charge >= 0.3 is 5.97 Å². The lowest BCUT2D eigenvalue weighted by molar-refractivity contribution is -0.137. The minimum absolute atomic E-state index is 0.0575. The van der Waals surface area contributed by atoms with E-state index in [1.165, 1.54) is 6.08 Å². The van der Waals surface area contributed by atoms with Crippen LogP contribution in [0.3, 0.4) is 0 Å². The van der Waals surface area contributed by atoms with Crippen molar-refractivity contribution < 1.29 is 14.7 Å². The molecule has 0 bridgehead atoms. The van der Waals surface area contributed by atoms with E-state index in [4.69, 9.17) is 10.8 Å². The zero-order valence-electron chi connectivity index (χ0n) is 9.93. The highest BCUT2D eigenvalue weighted by atomic mass is 16.4. The average Bonchev–Trinajstić information content (AvgIpc) is 2.34. The number of hydrogen-bond acceptors (Lipinski definition) is 3. The summed E-state index contributed by atoms with van der Waals surface area (Å²) >= 11 is 0. The van der Waals surface area contributed by atoms with Crippen molar-refractivity contribution in [3.8, 4) is 0 Å². The van der Waals surface area contributed by atoms with Crippen molar-refractivity contribution in [2.24, 2.45) is 0 Å². The zero-order valence-corrected chi connectivity index (χ0v) is 9.93. The smallest absolute Gasteiger partial charge is 0.303 e. The number of anilines is 1. The maximum Gasteiger partial charge on any atom is 0.303 e. The van der Waals surface area contributed by atoms with Gasteiger partial charge in [0.2, 0.25) is 5.91 Å². The first-order valence-corrected chi connectivity index (χ1v) is 5.61. The van der Waals surface area contributed by atoms with Gasteiger partial charge in [-0.2, -0.15) is 0 Å². The second-order valence-electron chi connectivity index (χ2n) is 3.79. The molecule has 18 heavy (non-hydrogen) atoms. The Labute approximate surface area is 105 Å². The van der Waals surface area contributed by atoms with Crippen molar-refractivity contribution in [2.75, 3.05) is 12.3 Å². The molecule has 0 radical (unpaired) electrons. The number of carbonyl (C=O) groups is 2. The number of benzene rings is 1. The summed E-state index contributed by atoms with van der Waals surface area (Å²) in [7, 11) is 0. The van der Waals surface area contributed by atoms with E-state index >= 15 is 0 Å². The van der Waals surface area contributed by atoms with E-state index < -0.39 is 5.97 Å². The Morgan fingerprint density at radius 1 is 1.28 bits per heavy atom. The molecule has 0 atom stereocenters. The van der Waals surface area contributed by atoms with Crippen molar-refractivity contribution in [3.63, 3.8) is 0 Å². The van der Waals surface area contributed by atoms with Crippen LogP contribution in [-0.2, 0) is 9.59 Å². The minimum Gasteiger partial charge on any atom is -0.481 e. The highest BCUT2D eigenvalue weighted by Gasteiger charge is 1.98. The molecule has 96 valence electrons. The van der Waals surface area contributed by atoms with E-state index in [1.807, 2.05) is 12.1 Å². The lowest BCUT2D eigenvalue weighted by Crippen LogP contribution is -2.22. The number of nitrogen functional groups attached to an aromatic ring is 1. The molecule has 0 saturated carbocycles. The molecule has 0 unspecified atom stereocenters. The van der Waals surface area contributed by atoms with Gasteiger partial charge in [0.05, 0.1) is 0 Å². The number of nitrogens with two attached hydrogens (primary N) is 1. The van der Waals surface area contributed by atoms with Gasteiger partial charge in [0.15, 0.2) is 0 Å². The van der Waals surface area contributed by atoms with Crippen molar-refractivity contribution in [1.29, 1.82) is 0 Å². The molecule has 0 aromatic heterocycles. The largest absolute Gasteiger partial charge is 0.481 e. The predicted octanol–water partition coefficient (Wildman–Crippen LogP) is 1.26. The molecule has 1 aromatic carbocycles. The average molecular weight is 248 g/mol. The minimum atomic E-state index is -0.860. The first-order chi connectivity index (χ1) is 8.58. The van der Waals surface area contributed by atoms with Gasteiger partial charge in [0, 0.05) is 24.7 Å². The molecule has 4 N–H and O–H groups in total. The molecular weight excluding hydrogens is 232 g/mol. The summed E-state index contributed by atoms with van der Waals surface area (Å²) in [6.45, 7) is 0.358. The number of amides is 1. The third-order valence-electron chi connectivity index (χ3n) is 2.23. The molecule has 1 amide bonds. The fourth-order valence-electron chi connectivity index (χ4n) is 1.29. The van der Waals surface area contributed by atoms with Gasteiger partial charge in [0.1, 0.15) is 0 Å². The molecular formula is C13H16N2O3. The maximum atomic E-state index is 11.4. The number of carboxylic acids is 1. The van der Waals surface area contributed by atoms with Gasteiger partial charge < -0.3 is 16.2 Å². The number of rotatable bonds is 6. The van der Waals surface area contributed by atoms with Gasteiger partial charge in [-0.05, 0) is 30.2 Å². The lowest BCUT2D eigenvalue weighted by atomic mass is 10.2. The van der Waals surface area contributed by atoms with Crippen molar-refractivity contribution >= 4 is 23.6 Å². The highest BCUT2D eigenvalue weighted by molar-refractivity contribution is 5.91. The normalized spacial score (nSPS) is 10.4. The fraction of sp³-hybridized carbons (Fsp3) is 0.231. The molecule has 0 fully saturated rings. The Morgan fingerprint density at radius 2 is 1.94 bits per heavy atom. The monoisotopic (exact) mass is 248 g/mol. The van der Waals surface area contributed by atoms with Crippen LogP contribution in [0.5, 0.6) is 0 Å². The van der Waals surface area contributed by atoms with E-state index in [1.54, 1.807) is 18.2 Å². The fourth-order valence-corrected chi connectivity index (χ4v) is 1.29. The van der Waals surface area contributed by atoms with Crippen LogP contribution in [0.2, 0.25) is 0 Å². The molecule has 0 saturated heterocycles. The van der Waals surface area contributed by atoms with Crippen LogP contribution in [0, 0.1) is 0 Å². The molecule has 0 aliphatic heterocycles. The third kappa shape index (κ3) is 5.69. The highest BCUT2D eigenvalue weighted by Crippen LogP contribution is 2.06. The van der Waals surface area contributed by atoms with Crippen molar-refractivity contribution in [3.05, 3.63) is 35.9 Å². The SMILES string of the molecule is Nc1ccc(/C=C/C(=O)NCCCC(=O)O)cc1. The maximum absolute atomic E-state index is 11.4. The number of aliphatic carboxylic acids is 1. The summed E-state index contributed by atoms with van der Waals surface area (Å²) in [5.41, 5.74) is 7.09. The number of hydrogen-bond donors (Lipinski definition) is 3. The van der Waals surface area contributed by atoms with Gasteiger partial charge in [-0.25, -0.2) is 0 Å². The second-order valence-corrected chi connectivity index (χ2v) is 3.79. The van der Waals surface area contributed by atoms with Crippen molar-refractivity contribution in [2.45, 2.75) is 12.8 Å². The van der Waals surface area contributed by atoms with E-state index in [2.05, 4.69) is 5.32 Å². The standard InChI is InChI=1S/C13H16N2O3/c14-11-6-3-10(4-7-11)5-8-12(16)15-9-1-2-13(17)18/h3-8H,1-2,9,14H2,(H,15,16)(H,17,18)/b8-5+. The zero-order chi connectivity index (χ0) is 13.4. The molecule has 1 rings (SSSR count). The Kier molecular flexibility index (Phi) is 5.44. The summed E-state index contributed by atoms with van der Waals surface area (Å²) in [6.07, 6.45) is 3.57. The first kappa shape index (κ1) is 13.8. The summed E-state index contributed by atoms with van der Waals surface area (Å²) in [6, 6.07) is 7.13. The molecule has 0 aliphatic rings. The quantitative estimate of drug-likeness (QED) is 0.401. The molecule has 0 heterocycles. The predicted molar refractivity (Wildman–Crippen MR) is 69.8 cm³/mol. The van der Waals surface area contributed by atoms with Crippen molar-refractivity contribution in [1.82, 2.24) is 5.32 Å². The van der Waals surface area contributed by atoms with Crippen LogP contribution in [0.4, 0.5) is 5.69 Å². The van der Waals surface area contributed by atoms with E-state index in [0.29, 0.717) is 18.7 Å². The van der Waals surface area contributed by atoms with Gasteiger partial charge in [-0.1, -0.05) is 12.1 Å². The molecule has 0 aliphatic carbocycles. The summed E-state index contributed by atoms with van der Waals surface area (Å²) in [4.78, 5) is 21.6. The van der Waals surface area contributed by atoms with Gasteiger partial charge in [0.25, 0.3) is 0 Å². The van der Waals surface area contributed by atoms with Crippen LogP contribution in [0.15, 0.2) is 30.3 Å². The summed E-state index contributed by atoms with van der Waals surface area (Å²) in [5, 5.41) is 11.0. The summed E-state index contributed by atoms with van der Waals surface area (Å²) < 4.78 is 0. The van der Waals surface area contributed by atoms with E-state index in [-0.39, 0.29) is 12.3 Å². The van der Waals surface area contributed by atoms with Crippen LogP contribution in [0.25, 0.3) is 6.08 Å². The van der Waals surface area contributed by atoms with Crippen LogP contribution in [0.1, 0.15) is 18.4 Å². The van der Waals surface area contributed by atoms with Crippen LogP contribution < -0.4 is 11.1 Å². The number of nitrogens with one attached hydrogen (secondary N) is 1. The molecule has 5 nitrogen and oxygen atoms in total. The van der Waals surface area contributed by atoms with Gasteiger partial charge in [-0.3, -0.25) is 9.59 Å². The lowest BCUT2D eigenvalue weighted by Gasteiger charge is -2.00.